The van der Waals surface area contributed by atoms with E-state index in [0.717, 1.165) is 21.2 Å². The Morgan fingerprint density at radius 2 is 1.28 bits per heavy atom. The number of benzene rings is 3. The number of hydrogen-bond acceptors (Lipinski definition) is 5. The number of halogens is 1. The van der Waals surface area contributed by atoms with E-state index in [1.165, 1.54) is 25.6 Å². The van der Waals surface area contributed by atoms with Crippen molar-refractivity contribution in [3.63, 3.8) is 0 Å². The monoisotopic (exact) mass is 519 g/mol. The van der Waals surface area contributed by atoms with Crippen LogP contribution in [0, 0.1) is 20.8 Å². The Hall–Kier alpha value is -2.71. The zero-order valence-corrected chi connectivity index (χ0v) is 21.3. The first-order chi connectivity index (χ1) is 15.1. The predicted molar refractivity (Wildman–Crippen MR) is 130 cm³/mol. The summed E-state index contributed by atoms with van der Waals surface area (Å²) in [4.78, 5) is 0.167. The summed E-state index contributed by atoms with van der Waals surface area (Å²) >= 11 is 3.53. The zero-order chi connectivity index (χ0) is 23.6. The van der Waals surface area contributed by atoms with Crippen LogP contribution < -0.4 is 18.5 Å². The molecule has 0 heterocycles. The molecule has 0 radical (unpaired) electrons. The maximum absolute atomic E-state index is 14.0. The molecule has 0 unspecified atom stereocenters. The van der Waals surface area contributed by atoms with Gasteiger partial charge in [-0.3, -0.25) is 0 Å². The normalized spacial score (nSPS) is 11.2. The number of methoxy groups -OCH3 is 3. The molecule has 0 spiro atoms. The number of sulfonamides is 1. The second-order valence-corrected chi connectivity index (χ2v) is 9.99. The van der Waals surface area contributed by atoms with Crippen LogP contribution >= 0.6 is 15.9 Å². The molecule has 170 valence electrons. The summed E-state index contributed by atoms with van der Waals surface area (Å²) < 4.78 is 46.6. The van der Waals surface area contributed by atoms with Gasteiger partial charge in [-0.25, -0.2) is 12.7 Å². The highest BCUT2D eigenvalue weighted by Crippen LogP contribution is 2.46. The summed E-state index contributed by atoms with van der Waals surface area (Å²) in [6, 6.07) is 13.7. The Kier molecular flexibility index (Phi) is 7.05. The highest BCUT2D eigenvalue weighted by atomic mass is 79.9. The summed E-state index contributed by atoms with van der Waals surface area (Å²) in [6.07, 6.45) is 0. The lowest BCUT2D eigenvalue weighted by Crippen LogP contribution is -2.27. The largest absolute Gasteiger partial charge is 0.494 e. The van der Waals surface area contributed by atoms with Crippen molar-refractivity contribution in [3.05, 3.63) is 69.7 Å². The van der Waals surface area contributed by atoms with E-state index in [2.05, 4.69) is 15.9 Å². The summed E-state index contributed by atoms with van der Waals surface area (Å²) in [5.74, 6) is 1.15. The number of rotatable bonds is 7. The number of aryl methyl sites for hydroxylation is 3. The summed E-state index contributed by atoms with van der Waals surface area (Å²) in [6.45, 7) is 5.69. The van der Waals surface area contributed by atoms with Crippen molar-refractivity contribution < 1.29 is 22.6 Å². The molecule has 6 nitrogen and oxygen atoms in total. The van der Waals surface area contributed by atoms with Crippen LogP contribution in [-0.2, 0) is 10.0 Å². The molecule has 0 N–H and O–H groups in total. The average Bonchev–Trinajstić information content (AvgIpc) is 2.77. The molecule has 3 rings (SSSR count). The van der Waals surface area contributed by atoms with Gasteiger partial charge in [0, 0.05) is 16.6 Å². The van der Waals surface area contributed by atoms with Crippen LogP contribution in [0.15, 0.2) is 57.9 Å². The van der Waals surface area contributed by atoms with Crippen molar-refractivity contribution in [1.82, 2.24) is 0 Å². The van der Waals surface area contributed by atoms with Gasteiger partial charge in [-0.05, 0) is 56.2 Å². The fraction of sp³-hybridized carbons (Fsp3) is 0.250. The SMILES string of the molecule is COc1cc(OC)c(N(c2cc(C)c(Br)cc2C)S(=O)(=O)c2ccc(C)cc2)cc1OC. The van der Waals surface area contributed by atoms with Crippen molar-refractivity contribution in [3.8, 4) is 17.2 Å². The molecule has 0 bridgehead atoms. The minimum atomic E-state index is -4.01. The van der Waals surface area contributed by atoms with Gasteiger partial charge in [0.15, 0.2) is 11.5 Å². The summed E-state index contributed by atoms with van der Waals surface area (Å²) in [5, 5.41) is 0. The van der Waals surface area contributed by atoms with E-state index < -0.39 is 10.0 Å². The minimum Gasteiger partial charge on any atom is -0.494 e. The molecule has 0 fully saturated rings. The summed E-state index contributed by atoms with van der Waals surface area (Å²) in [5.41, 5.74) is 3.46. The van der Waals surface area contributed by atoms with Gasteiger partial charge >= 0.3 is 0 Å². The molecule has 0 amide bonds. The van der Waals surface area contributed by atoms with Gasteiger partial charge in [0.2, 0.25) is 0 Å². The Labute approximate surface area is 197 Å². The third-order valence-electron chi connectivity index (χ3n) is 5.16. The van der Waals surface area contributed by atoms with Crippen molar-refractivity contribution in [2.75, 3.05) is 25.6 Å². The third kappa shape index (κ3) is 4.42. The average molecular weight is 520 g/mol. The summed E-state index contributed by atoms with van der Waals surface area (Å²) in [7, 11) is 0.492. The van der Waals surface area contributed by atoms with E-state index in [1.54, 1.807) is 36.4 Å². The van der Waals surface area contributed by atoms with Gasteiger partial charge in [-0.2, -0.15) is 0 Å². The van der Waals surface area contributed by atoms with Gasteiger partial charge in [-0.1, -0.05) is 33.6 Å². The van der Waals surface area contributed by atoms with E-state index in [-0.39, 0.29) is 4.90 Å². The van der Waals surface area contributed by atoms with Gasteiger partial charge < -0.3 is 14.2 Å². The highest BCUT2D eigenvalue weighted by Gasteiger charge is 2.32. The molecule has 0 aliphatic heterocycles. The second kappa shape index (κ2) is 9.42. The van der Waals surface area contributed by atoms with Crippen molar-refractivity contribution in [1.29, 1.82) is 0 Å². The predicted octanol–water partition coefficient (Wildman–Crippen LogP) is 5.93. The minimum absolute atomic E-state index is 0.167. The van der Waals surface area contributed by atoms with E-state index in [1.807, 2.05) is 32.9 Å². The Bertz CT molecular complexity index is 1240. The molecule has 3 aromatic rings. The van der Waals surface area contributed by atoms with Crippen LogP contribution in [0.2, 0.25) is 0 Å². The molecule has 3 aromatic carbocycles. The van der Waals surface area contributed by atoms with Gasteiger partial charge in [-0.15, -0.1) is 0 Å². The van der Waals surface area contributed by atoms with E-state index in [9.17, 15) is 8.42 Å². The quantitative estimate of drug-likeness (QED) is 0.387. The number of nitrogens with zero attached hydrogens (tertiary/aromatic N) is 1. The maximum Gasteiger partial charge on any atom is 0.268 e. The first-order valence-corrected chi connectivity index (χ1v) is 12.1. The van der Waals surface area contributed by atoms with Crippen LogP contribution in [0.3, 0.4) is 0 Å². The molecule has 8 heteroatoms. The lowest BCUT2D eigenvalue weighted by Gasteiger charge is -2.29. The van der Waals surface area contributed by atoms with E-state index in [4.69, 9.17) is 14.2 Å². The molecule has 0 aliphatic rings. The second-order valence-electron chi connectivity index (χ2n) is 7.35. The highest BCUT2D eigenvalue weighted by molar-refractivity contribution is 9.10. The molecule has 0 atom stereocenters. The Balaban J connectivity index is 2.39. The first kappa shape index (κ1) is 23.9. The van der Waals surface area contributed by atoms with Gasteiger partial charge in [0.25, 0.3) is 10.0 Å². The fourth-order valence-electron chi connectivity index (χ4n) is 3.36. The molecule has 0 aliphatic carbocycles. The van der Waals surface area contributed by atoms with Crippen LogP contribution in [0.4, 0.5) is 11.4 Å². The molecular formula is C24H26BrNO5S. The van der Waals surface area contributed by atoms with Crippen LogP contribution in [0.1, 0.15) is 16.7 Å². The molecule has 0 saturated heterocycles. The van der Waals surface area contributed by atoms with Crippen molar-refractivity contribution >= 4 is 37.3 Å². The van der Waals surface area contributed by atoms with Crippen molar-refractivity contribution in [2.45, 2.75) is 25.7 Å². The topological polar surface area (TPSA) is 65.1 Å². The molecule has 32 heavy (non-hydrogen) atoms. The van der Waals surface area contributed by atoms with Gasteiger partial charge in [0.05, 0.1) is 31.9 Å². The third-order valence-corrected chi connectivity index (χ3v) is 7.76. The van der Waals surface area contributed by atoms with Crippen LogP contribution in [0.25, 0.3) is 0 Å². The van der Waals surface area contributed by atoms with Gasteiger partial charge in [0.1, 0.15) is 11.4 Å². The lowest BCUT2D eigenvalue weighted by atomic mass is 10.1. The van der Waals surface area contributed by atoms with Crippen LogP contribution in [-0.4, -0.2) is 29.7 Å². The Morgan fingerprint density at radius 3 is 1.84 bits per heavy atom. The number of anilines is 2. The van der Waals surface area contributed by atoms with E-state index in [0.29, 0.717) is 28.6 Å². The maximum atomic E-state index is 14.0. The Morgan fingerprint density at radius 1 is 0.719 bits per heavy atom. The smallest absolute Gasteiger partial charge is 0.268 e. The number of ether oxygens (including phenoxy) is 3. The van der Waals surface area contributed by atoms with Crippen molar-refractivity contribution in [2.24, 2.45) is 0 Å². The first-order valence-electron chi connectivity index (χ1n) is 9.82. The fourth-order valence-corrected chi connectivity index (χ4v) is 5.37. The van der Waals surface area contributed by atoms with Crippen LogP contribution in [0.5, 0.6) is 17.2 Å². The lowest BCUT2D eigenvalue weighted by molar-refractivity contribution is 0.349. The standard InChI is InChI=1S/C24H26BrNO5S/c1-15-7-9-18(10-8-15)32(27,28)26(20-12-16(2)19(25)11-17(20)3)21-13-23(30-5)24(31-6)14-22(21)29-4/h7-14H,1-6H3. The molecule has 0 saturated carbocycles. The number of hydrogen-bond donors (Lipinski definition) is 0. The molecule has 0 aromatic heterocycles. The zero-order valence-electron chi connectivity index (χ0n) is 18.9. The molecular weight excluding hydrogens is 494 g/mol. The van der Waals surface area contributed by atoms with E-state index >= 15 is 0 Å².